The van der Waals surface area contributed by atoms with Crippen molar-refractivity contribution in [2.45, 2.75) is 0 Å². The third-order valence-electron chi connectivity index (χ3n) is 2.65. The number of para-hydroxylation sites is 1. The summed E-state index contributed by atoms with van der Waals surface area (Å²) < 4.78 is 5.37. The van der Waals surface area contributed by atoms with E-state index in [1.54, 1.807) is 7.11 Å². The van der Waals surface area contributed by atoms with E-state index in [0.717, 1.165) is 22.9 Å². The Labute approximate surface area is 113 Å². The van der Waals surface area contributed by atoms with Crippen LogP contribution in [0.4, 0.5) is 0 Å². The van der Waals surface area contributed by atoms with Crippen molar-refractivity contribution in [3.63, 3.8) is 0 Å². The fourth-order valence-corrected chi connectivity index (χ4v) is 4.31. The summed E-state index contributed by atoms with van der Waals surface area (Å²) in [5.74, 6) is 1.03. The number of benzene rings is 2. The van der Waals surface area contributed by atoms with Crippen LogP contribution in [0.2, 0.25) is 0 Å². The van der Waals surface area contributed by atoms with E-state index in [9.17, 15) is 0 Å². The van der Waals surface area contributed by atoms with E-state index in [0.29, 0.717) is 0 Å². The molecule has 0 aromatic heterocycles. The van der Waals surface area contributed by atoms with Crippen molar-refractivity contribution in [1.29, 1.82) is 0 Å². The monoisotopic (exact) mass is 276 g/mol. The highest BCUT2D eigenvalue weighted by Gasteiger charge is 2.00. The Morgan fingerprint density at radius 1 is 0.833 bits per heavy atom. The topological polar surface area (TPSA) is 9.23 Å². The van der Waals surface area contributed by atoms with Crippen molar-refractivity contribution in [3.05, 3.63) is 54.6 Å². The van der Waals surface area contributed by atoms with E-state index < -0.39 is 0 Å². The van der Waals surface area contributed by atoms with Gasteiger partial charge in [0.25, 0.3) is 0 Å². The van der Waals surface area contributed by atoms with Gasteiger partial charge in [0.15, 0.2) is 0 Å². The zero-order valence-electron chi connectivity index (χ0n) is 10.5. The summed E-state index contributed by atoms with van der Waals surface area (Å²) >= 11 is 0. The number of ether oxygens (including phenoxy) is 1. The highest BCUT2D eigenvalue weighted by molar-refractivity contribution is 7.51. The zero-order chi connectivity index (χ0) is 12.6. The molecule has 3 heteroatoms. The van der Waals surface area contributed by atoms with Gasteiger partial charge in [-0.3, -0.25) is 0 Å². The first kappa shape index (κ1) is 13.5. The molecule has 2 rings (SSSR count). The van der Waals surface area contributed by atoms with Crippen molar-refractivity contribution < 1.29 is 4.74 Å². The maximum atomic E-state index is 5.37. The first-order valence-corrected chi connectivity index (χ1v) is 8.47. The van der Waals surface area contributed by atoms with Gasteiger partial charge in [-0.05, 0) is 23.7 Å². The highest BCUT2D eigenvalue weighted by atomic mass is 31.1. The van der Waals surface area contributed by atoms with Crippen LogP contribution in [-0.4, -0.2) is 19.4 Å². The average molecular weight is 276 g/mol. The van der Waals surface area contributed by atoms with Crippen LogP contribution in [0.1, 0.15) is 0 Å². The van der Waals surface area contributed by atoms with Gasteiger partial charge < -0.3 is 4.74 Å². The fraction of sp³-hybridized carbons (Fsp3) is 0.200. The molecule has 0 saturated carbocycles. The lowest BCUT2D eigenvalue weighted by atomic mass is 10.3. The van der Waals surface area contributed by atoms with Crippen molar-refractivity contribution in [2.75, 3.05) is 19.4 Å². The van der Waals surface area contributed by atoms with Gasteiger partial charge in [0, 0.05) is 5.30 Å². The van der Waals surface area contributed by atoms with Crippen LogP contribution in [0.15, 0.2) is 54.6 Å². The molecule has 0 heterocycles. The van der Waals surface area contributed by atoms with Crippen molar-refractivity contribution >= 4 is 27.8 Å². The molecule has 2 aromatic carbocycles. The van der Waals surface area contributed by atoms with Crippen molar-refractivity contribution in [3.8, 4) is 5.75 Å². The van der Waals surface area contributed by atoms with Gasteiger partial charge in [-0.25, -0.2) is 0 Å². The van der Waals surface area contributed by atoms with E-state index in [2.05, 4.69) is 42.5 Å². The molecule has 94 valence electrons. The van der Waals surface area contributed by atoms with Crippen LogP contribution in [-0.2, 0) is 0 Å². The molecular weight excluding hydrogens is 258 g/mol. The summed E-state index contributed by atoms with van der Waals surface area (Å²) in [6.07, 6.45) is 2.51. The Kier molecular flexibility index (Phi) is 5.65. The summed E-state index contributed by atoms with van der Waals surface area (Å²) in [6.45, 7) is 0. The average Bonchev–Trinajstić information content (AvgIpc) is 2.45. The Balaban J connectivity index is 1.78. The van der Waals surface area contributed by atoms with Crippen LogP contribution in [0.3, 0.4) is 0 Å². The van der Waals surface area contributed by atoms with Crippen LogP contribution >= 0.6 is 17.2 Å². The van der Waals surface area contributed by atoms with E-state index in [4.69, 9.17) is 4.74 Å². The molecule has 0 radical (unpaired) electrons. The van der Waals surface area contributed by atoms with Crippen LogP contribution in [0.25, 0.3) is 0 Å². The van der Waals surface area contributed by atoms with E-state index >= 15 is 0 Å². The second kappa shape index (κ2) is 7.52. The highest BCUT2D eigenvalue weighted by Crippen LogP contribution is 2.21. The lowest BCUT2D eigenvalue weighted by molar-refractivity contribution is 0.418. The van der Waals surface area contributed by atoms with Gasteiger partial charge in [-0.15, -0.1) is 0 Å². The fourth-order valence-electron chi connectivity index (χ4n) is 1.75. The summed E-state index contributed by atoms with van der Waals surface area (Å²) in [5, 5.41) is 2.81. The van der Waals surface area contributed by atoms with Gasteiger partial charge in [0.05, 0.1) is 7.11 Å². The lowest BCUT2D eigenvalue weighted by Crippen LogP contribution is -2.02. The van der Waals surface area contributed by atoms with Gasteiger partial charge in [-0.1, -0.05) is 65.7 Å². The minimum Gasteiger partial charge on any atom is -0.496 e. The van der Waals surface area contributed by atoms with Crippen LogP contribution < -0.4 is 15.3 Å². The van der Waals surface area contributed by atoms with E-state index in [1.807, 2.05) is 12.1 Å². The van der Waals surface area contributed by atoms with Crippen LogP contribution in [0, 0.1) is 0 Å². The predicted octanol–water partition coefficient (Wildman–Crippen LogP) is 3.00. The molecule has 0 bridgehead atoms. The Hall–Kier alpha value is -0.900. The third kappa shape index (κ3) is 4.09. The molecule has 0 saturated heterocycles. The molecule has 0 amide bonds. The first-order chi connectivity index (χ1) is 8.90. The molecule has 0 N–H and O–H groups in total. The minimum atomic E-state index is 0.844. The second-order valence-electron chi connectivity index (χ2n) is 3.92. The first-order valence-electron chi connectivity index (χ1n) is 6.06. The Morgan fingerprint density at radius 3 is 2.28 bits per heavy atom. The summed E-state index contributed by atoms with van der Waals surface area (Å²) in [7, 11) is 3.51. The van der Waals surface area contributed by atoms with Gasteiger partial charge in [-0.2, -0.15) is 0 Å². The second-order valence-corrected chi connectivity index (χ2v) is 6.74. The zero-order valence-corrected chi connectivity index (χ0v) is 12.5. The molecule has 18 heavy (non-hydrogen) atoms. The minimum absolute atomic E-state index is 0.844. The number of methoxy groups -OCH3 is 1. The van der Waals surface area contributed by atoms with Gasteiger partial charge in [0.1, 0.15) is 5.75 Å². The molecule has 0 fully saturated rings. The Bertz CT molecular complexity index is 471. The molecule has 0 spiro atoms. The standard InChI is InChI=1S/C15H18OP2/c1-16-14-9-5-6-10-15(14)18-12-11-17-13-7-3-2-4-8-13/h2-10,17-18H,11-12H2,1H3. The van der Waals surface area contributed by atoms with Gasteiger partial charge in [0.2, 0.25) is 0 Å². The van der Waals surface area contributed by atoms with E-state index in [-0.39, 0.29) is 0 Å². The number of rotatable bonds is 6. The smallest absolute Gasteiger partial charge is 0.126 e. The molecule has 2 aromatic rings. The molecule has 2 unspecified atom stereocenters. The summed E-state index contributed by atoms with van der Waals surface area (Å²) in [6, 6.07) is 19.1. The number of hydrogen-bond donors (Lipinski definition) is 0. The van der Waals surface area contributed by atoms with Crippen molar-refractivity contribution in [1.82, 2.24) is 0 Å². The largest absolute Gasteiger partial charge is 0.496 e. The Morgan fingerprint density at radius 2 is 1.50 bits per heavy atom. The molecule has 0 aliphatic heterocycles. The maximum absolute atomic E-state index is 5.37. The lowest BCUT2D eigenvalue weighted by Gasteiger charge is -2.08. The predicted molar refractivity (Wildman–Crippen MR) is 85.1 cm³/mol. The summed E-state index contributed by atoms with van der Waals surface area (Å²) in [4.78, 5) is 0. The molecule has 1 nitrogen and oxygen atoms in total. The summed E-state index contributed by atoms with van der Waals surface area (Å²) in [5.41, 5.74) is 0. The third-order valence-corrected chi connectivity index (χ3v) is 5.69. The maximum Gasteiger partial charge on any atom is 0.126 e. The number of hydrogen-bond acceptors (Lipinski definition) is 1. The molecule has 0 aliphatic carbocycles. The SMILES string of the molecule is COc1ccccc1PCCPc1ccccc1. The van der Waals surface area contributed by atoms with Crippen molar-refractivity contribution in [2.24, 2.45) is 0 Å². The molecule has 2 atom stereocenters. The normalized spacial score (nSPS) is 11.6. The molecular formula is C15H18OP2. The molecule has 0 aliphatic rings. The van der Waals surface area contributed by atoms with Gasteiger partial charge >= 0.3 is 0 Å². The van der Waals surface area contributed by atoms with Crippen LogP contribution in [0.5, 0.6) is 5.75 Å². The quantitative estimate of drug-likeness (QED) is 0.582. The van der Waals surface area contributed by atoms with E-state index in [1.165, 1.54) is 22.9 Å².